The molecule has 0 radical (unpaired) electrons. The smallest absolute Gasteiger partial charge is 0.270 e. The first-order valence-corrected chi connectivity index (χ1v) is 11.1. The molecule has 0 aliphatic rings. The molecule has 7 nitrogen and oxygen atoms in total. The molecule has 0 aliphatic carbocycles. The summed E-state index contributed by atoms with van der Waals surface area (Å²) >= 11 is 2.83. The van der Waals surface area contributed by atoms with Gasteiger partial charge in [-0.1, -0.05) is 60.7 Å². The summed E-state index contributed by atoms with van der Waals surface area (Å²) in [4.78, 5) is 15.3. The first-order valence-electron chi connectivity index (χ1n) is 9.43. The van der Waals surface area contributed by atoms with Gasteiger partial charge in [0.2, 0.25) is 0 Å². The highest BCUT2D eigenvalue weighted by Gasteiger charge is 2.18. The first kappa shape index (κ1) is 19.4. The van der Waals surface area contributed by atoms with Crippen LogP contribution < -0.4 is 0 Å². The monoisotopic (exact) mass is 445 g/mol. The van der Waals surface area contributed by atoms with E-state index >= 15 is 0 Å². The Morgan fingerprint density at radius 2 is 1.71 bits per heavy atom. The van der Waals surface area contributed by atoms with Crippen molar-refractivity contribution in [3.63, 3.8) is 0 Å². The molecule has 5 rings (SSSR count). The lowest BCUT2D eigenvalue weighted by atomic mass is 10.2. The van der Waals surface area contributed by atoms with Crippen molar-refractivity contribution in [1.29, 1.82) is 0 Å². The summed E-state index contributed by atoms with van der Waals surface area (Å²) < 4.78 is 3.61. The Hall–Kier alpha value is -3.56. The molecule has 0 fully saturated rings. The van der Waals surface area contributed by atoms with Crippen molar-refractivity contribution in [3.8, 4) is 11.4 Å². The van der Waals surface area contributed by atoms with Gasteiger partial charge in [0, 0.05) is 17.7 Å². The van der Waals surface area contributed by atoms with Crippen molar-refractivity contribution in [2.45, 2.75) is 16.0 Å². The molecule has 2 heterocycles. The normalized spacial score (nSPS) is 11.1. The van der Waals surface area contributed by atoms with Gasteiger partial charge in [-0.3, -0.25) is 14.7 Å². The Balaban J connectivity index is 1.53. The minimum absolute atomic E-state index is 0.0614. The van der Waals surface area contributed by atoms with Gasteiger partial charge in [0.15, 0.2) is 15.3 Å². The van der Waals surface area contributed by atoms with E-state index in [4.69, 9.17) is 0 Å². The fourth-order valence-corrected chi connectivity index (χ4v) is 5.23. The number of nitrogens with zero attached hydrogens (tertiary/aromatic N) is 5. The summed E-state index contributed by atoms with van der Waals surface area (Å²) in [7, 11) is 0. The van der Waals surface area contributed by atoms with Gasteiger partial charge >= 0.3 is 0 Å². The predicted octanol–water partition coefficient (Wildman–Crippen LogP) is 5.66. The van der Waals surface area contributed by atoms with Crippen molar-refractivity contribution in [1.82, 2.24) is 19.7 Å². The van der Waals surface area contributed by atoms with Crippen molar-refractivity contribution >= 4 is 39.0 Å². The third-order valence-electron chi connectivity index (χ3n) is 4.67. The van der Waals surface area contributed by atoms with E-state index in [1.54, 1.807) is 12.1 Å². The summed E-state index contributed by atoms with van der Waals surface area (Å²) in [6.45, 7) is 0.622. The highest BCUT2D eigenvalue weighted by atomic mass is 32.2. The van der Waals surface area contributed by atoms with Crippen LogP contribution in [0.15, 0.2) is 88.4 Å². The maximum atomic E-state index is 11.1. The van der Waals surface area contributed by atoms with Crippen LogP contribution in [0.5, 0.6) is 0 Å². The number of rotatable bonds is 6. The summed E-state index contributed by atoms with van der Waals surface area (Å²) in [6, 6.07) is 24.8. The van der Waals surface area contributed by atoms with E-state index in [1.165, 1.54) is 29.2 Å². The van der Waals surface area contributed by atoms with Crippen LogP contribution in [0, 0.1) is 10.1 Å². The molecule has 0 spiro atoms. The third kappa shape index (κ3) is 4.05. The summed E-state index contributed by atoms with van der Waals surface area (Å²) in [5.41, 5.74) is 2.92. The van der Waals surface area contributed by atoms with Gasteiger partial charge in [-0.15, -0.1) is 21.5 Å². The van der Waals surface area contributed by atoms with E-state index in [-0.39, 0.29) is 5.69 Å². The van der Waals surface area contributed by atoms with Gasteiger partial charge < -0.3 is 0 Å². The van der Waals surface area contributed by atoms with Crippen LogP contribution in [-0.2, 0) is 6.54 Å². The number of nitro benzene ring substituents is 1. The number of hydrogen-bond acceptors (Lipinski definition) is 7. The number of hydrogen-bond donors (Lipinski definition) is 0. The van der Waals surface area contributed by atoms with Crippen molar-refractivity contribution < 1.29 is 4.92 Å². The Bertz CT molecular complexity index is 1370. The van der Waals surface area contributed by atoms with E-state index in [0.717, 1.165) is 36.7 Å². The van der Waals surface area contributed by atoms with Gasteiger partial charge in [0.1, 0.15) is 0 Å². The fourth-order valence-electron chi connectivity index (χ4n) is 3.20. The Labute approximate surface area is 185 Å². The van der Waals surface area contributed by atoms with Crippen LogP contribution in [0.4, 0.5) is 5.69 Å². The van der Waals surface area contributed by atoms with E-state index in [0.29, 0.717) is 6.54 Å². The molecule has 31 heavy (non-hydrogen) atoms. The number of non-ortho nitro benzene ring substituents is 1. The number of aromatic nitrogens is 4. The van der Waals surface area contributed by atoms with Crippen LogP contribution in [0.1, 0.15) is 5.56 Å². The summed E-state index contributed by atoms with van der Waals surface area (Å²) in [5.74, 6) is 0.781. The molecule has 9 heteroatoms. The Morgan fingerprint density at radius 1 is 0.968 bits per heavy atom. The van der Waals surface area contributed by atoms with Gasteiger partial charge in [-0.05, 0) is 23.4 Å². The van der Waals surface area contributed by atoms with Gasteiger partial charge in [0.25, 0.3) is 5.69 Å². The highest BCUT2D eigenvalue weighted by Crippen LogP contribution is 2.36. The topological polar surface area (TPSA) is 86.7 Å². The lowest BCUT2D eigenvalue weighted by molar-refractivity contribution is -0.384. The second-order valence-corrected chi connectivity index (χ2v) is 8.98. The minimum Gasteiger partial charge on any atom is -0.297 e. The van der Waals surface area contributed by atoms with Crippen LogP contribution >= 0.6 is 23.1 Å². The van der Waals surface area contributed by atoms with E-state index in [1.807, 2.05) is 48.5 Å². The number of thiazole rings is 1. The van der Waals surface area contributed by atoms with E-state index < -0.39 is 4.92 Å². The second kappa shape index (κ2) is 8.29. The van der Waals surface area contributed by atoms with Crippen LogP contribution in [0.25, 0.3) is 21.6 Å². The zero-order chi connectivity index (χ0) is 21.2. The molecule has 3 aromatic carbocycles. The van der Waals surface area contributed by atoms with Crippen LogP contribution in [0.3, 0.4) is 0 Å². The van der Waals surface area contributed by atoms with Crippen LogP contribution in [-0.4, -0.2) is 24.7 Å². The molecule has 0 amide bonds. The Kier molecular flexibility index (Phi) is 5.19. The first-order chi connectivity index (χ1) is 15.2. The van der Waals surface area contributed by atoms with Crippen molar-refractivity contribution in [2.24, 2.45) is 0 Å². The SMILES string of the molecule is O=[N+]([O-])c1ccc2nc(Sc3nnc(-c4ccccc4)n3Cc3ccccc3)sc2c1. The number of fused-ring (bicyclic) bond motifs is 1. The van der Waals surface area contributed by atoms with Crippen molar-refractivity contribution in [2.75, 3.05) is 0 Å². The second-order valence-electron chi connectivity index (χ2n) is 6.73. The molecule has 0 bridgehead atoms. The molecular formula is C22H15N5O2S2. The number of benzene rings is 3. The lowest BCUT2D eigenvalue weighted by Crippen LogP contribution is -2.03. The molecule has 5 aromatic rings. The lowest BCUT2D eigenvalue weighted by Gasteiger charge is -2.09. The zero-order valence-corrected chi connectivity index (χ0v) is 17.7. The Morgan fingerprint density at radius 3 is 2.45 bits per heavy atom. The molecular weight excluding hydrogens is 430 g/mol. The fraction of sp³-hybridized carbons (Fsp3) is 0.0455. The van der Waals surface area contributed by atoms with Crippen LogP contribution in [0.2, 0.25) is 0 Å². The predicted molar refractivity (Wildman–Crippen MR) is 121 cm³/mol. The number of nitro groups is 1. The molecule has 0 saturated heterocycles. The molecule has 0 aliphatic heterocycles. The molecule has 0 saturated carbocycles. The maximum absolute atomic E-state index is 11.1. The summed E-state index contributed by atoms with van der Waals surface area (Å²) in [6.07, 6.45) is 0. The minimum atomic E-state index is -0.394. The molecule has 0 N–H and O–H groups in total. The van der Waals surface area contributed by atoms with Gasteiger partial charge in [0.05, 0.1) is 21.7 Å². The highest BCUT2D eigenvalue weighted by molar-refractivity contribution is 8.01. The largest absolute Gasteiger partial charge is 0.297 e. The molecule has 152 valence electrons. The third-order valence-corrected chi connectivity index (χ3v) is 6.74. The molecule has 0 atom stereocenters. The van der Waals surface area contributed by atoms with Gasteiger partial charge in [-0.25, -0.2) is 4.98 Å². The van der Waals surface area contributed by atoms with E-state index in [2.05, 4.69) is 31.9 Å². The van der Waals surface area contributed by atoms with Gasteiger partial charge in [-0.2, -0.15) is 0 Å². The molecule has 0 unspecified atom stereocenters. The average Bonchev–Trinajstić information content (AvgIpc) is 3.38. The zero-order valence-electron chi connectivity index (χ0n) is 16.1. The standard InChI is InChI=1S/C22H15N5O2S2/c28-27(29)17-11-12-18-19(13-17)30-22(23-18)31-21-25-24-20(16-9-5-2-6-10-16)26(21)14-15-7-3-1-4-8-15/h1-13H,14H2. The quantitative estimate of drug-likeness (QED) is 0.247. The van der Waals surface area contributed by atoms with Crippen molar-refractivity contribution in [3.05, 3.63) is 94.5 Å². The van der Waals surface area contributed by atoms with E-state index in [9.17, 15) is 10.1 Å². The average molecular weight is 446 g/mol. The maximum Gasteiger partial charge on any atom is 0.270 e. The summed E-state index contributed by atoms with van der Waals surface area (Å²) in [5, 5.41) is 20.7. The molecule has 2 aromatic heterocycles.